The molecule has 2 atom stereocenters. The van der Waals surface area contributed by atoms with Crippen molar-refractivity contribution < 1.29 is 32.7 Å². The fraction of sp³-hybridized carbons (Fsp3) is 0.452. The van der Waals surface area contributed by atoms with E-state index in [-0.39, 0.29) is 55.2 Å². The molecule has 3 N–H and O–H groups in total. The zero-order valence-electron chi connectivity index (χ0n) is 24.2. The molecule has 2 aromatic carbocycles. The average molecular weight is 634 g/mol. The summed E-state index contributed by atoms with van der Waals surface area (Å²) in [7, 11) is 0. The van der Waals surface area contributed by atoms with Crippen molar-refractivity contribution in [2.75, 3.05) is 25.0 Å². The van der Waals surface area contributed by atoms with E-state index in [1.54, 1.807) is 46.0 Å². The number of halogens is 4. The standard InChI is InChI=1S/C31H35ClF3N5O4/c1-19(42)25-15-39(27-9-6-21(12-24(25)27)37-30(44)38-11-3-10-31(34,35)18-38)16-28(43)40(22-7-8-22)23(17-41)14-36-13-20-4-2-5-26(32)29(20)33/h2,4-6,9,12,15,17,22-23,30,36-37,44H,3,7-8,10-11,13-14,16,18H2,1H3. The van der Waals surface area contributed by atoms with Gasteiger partial charge in [0.05, 0.1) is 11.6 Å². The summed E-state index contributed by atoms with van der Waals surface area (Å²) in [5, 5.41) is 17.0. The number of rotatable bonds is 13. The fourth-order valence-corrected chi connectivity index (χ4v) is 5.93. The summed E-state index contributed by atoms with van der Waals surface area (Å²) in [5.74, 6) is -3.97. The van der Waals surface area contributed by atoms with Crippen LogP contribution in [0.1, 0.15) is 48.5 Å². The molecule has 236 valence electrons. The Hall–Kier alpha value is -3.45. The number of aliphatic hydroxyl groups is 1. The number of Topliss-reactive ketones (excluding diaryl/α,β-unsaturated/α-hetero) is 1. The number of carbonyl (C=O) groups excluding carboxylic acids is 3. The van der Waals surface area contributed by atoms with Crippen molar-refractivity contribution in [3.05, 3.63) is 64.6 Å². The number of aldehydes is 1. The lowest BCUT2D eigenvalue weighted by molar-refractivity contribution is -0.137. The smallest absolute Gasteiger partial charge is 0.260 e. The molecule has 1 saturated heterocycles. The van der Waals surface area contributed by atoms with Crippen LogP contribution in [0, 0.1) is 5.82 Å². The van der Waals surface area contributed by atoms with E-state index in [1.165, 1.54) is 17.9 Å². The van der Waals surface area contributed by atoms with Gasteiger partial charge < -0.3 is 30.0 Å². The number of hydrogen-bond donors (Lipinski definition) is 3. The summed E-state index contributed by atoms with van der Waals surface area (Å²) < 4.78 is 43.6. The Balaban J connectivity index is 1.30. The predicted octanol–water partition coefficient (Wildman–Crippen LogP) is 4.40. The van der Waals surface area contributed by atoms with Crippen molar-refractivity contribution in [3.63, 3.8) is 0 Å². The molecule has 2 unspecified atom stereocenters. The number of benzene rings is 2. The predicted molar refractivity (Wildman–Crippen MR) is 160 cm³/mol. The van der Waals surface area contributed by atoms with Crippen LogP contribution < -0.4 is 10.6 Å². The minimum Gasteiger partial charge on any atom is -0.361 e. The highest BCUT2D eigenvalue weighted by atomic mass is 35.5. The largest absolute Gasteiger partial charge is 0.361 e. The summed E-state index contributed by atoms with van der Waals surface area (Å²) in [6, 6.07) is 8.76. The zero-order valence-corrected chi connectivity index (χ0v) is 25.0. The van der Waals surface area contributed by atoms with Crippen LogP contribution in [0.5, 0.6) is 0 Å². The molecule has 1 aromatic heterocycles. The van der Waals surface area contributed by atoms with Gasteiger partial charge >= 0.3 is 0 Å². The van der Waals surface area contributed by atoms with Crippen LogP contribution in [0.15, 0.2) is 42.6 Å². The van der Waals surface area contributed by atoms with Crippen molar-refractivity contribution >= 4 is 46.2 Å². The maximum atomic E-state index is 14.3. The van der Waals surface area contributed by atoms with Crippen LogP contribution in [0.4, 0.5) is 18.9 Å². The Labute approximate surface area is 257 Å². The lowest BCUT2D eigenvalue weighted by Gasteiger charge is -2.35. The number of aromatic nitrogens is 1. The summed E-state index contributed by atoms with van der Waals surface area (Å²) in [5.41, 5.74) is 1.71. The Morgan fingerprint density at radius 3 is 2.70 bits per heavy atom. The lowest BCUT2D eigenvalue weighted by Crippen LogP contribution is -2.50. The number of likely N-dealkylation sites (tertiary alicyclic amines) is 1. The maximum absolute atomic E-state index is 14.3. The molecule has 3 aromatic rings. The summed E-state index contributed by atoms with van der Waals surface area (Å²) in [6.45, 7) is 1.26. The summed E-state index contributed by atoms with van der Waals surface area (Å²) >= 11 is 5.86. The second-order valence-corrected chi connectivity index (χ2v) is 11.9. The summed E-state index contributed by atoms with van der Waals surface area (Å²) in [6.07, 6.45) is 2.48. The topological polar surface area (TPSA) is 107 Å². The Morgan fingerprint density at radius 1 is 1.25 bits per heavy atom. The van der Waals surface area contributed by atoms with Gasteiger partial charge in [-0.25, -0.2) is 13.2 Å². The molecule has 5 rings (SSSR count). The van der Waals surface area contributed by atoms with Crippen molar-refractivity contribution in [1.82, 2.24) is 19.7 Å². The van der Waals surface area contributed by atoms with Gasteiger partial charge in [-0.2, -0.15) is 0 Å². The number of ketones is 1. The van der Waals surface area contributed by atoms with Crippen LogP contribution >= 0.6 is 11.6 Å². The zero-order chi connectivity index (χ0) is 31.6. The number of alkyl halides is 2. The molecule has 9 nitrogen and oxygen atoms in total. The third-order valence-corrected chi connectivity index (χ3v) is 8.36. The van der Waals surface area contributed by atoms with Gasteiger partial charge in [0.25, 0.3) is 5.92 Å². The molecule has 0 spiro atoms. The molecule has 1 saturated carbocycles. The molecule has 44 heavy (non-hydrogen) atoms. The monoisotopic (exact) mass is 633 g/mol. The highest BCUT2D eigenvalue weighted by molar-refractivity contribution is 6.30. The van der Waals surface area contributed by atoms with E-state index >= 15 is 0 Å². The second kappa shape index (κ2) is 13.3. The Kier molecular flexibility index (Phi) is 9.64. The molecule has 2 fully saturated rings. The van der Waals surface area contributed by atoms with Gasteiger partial charge in [0.15, 0.2) is 12.1 Å². The third-order valence-electron chi connectivity index (χ3n) is 8.07. The van der Waals surface area contributed by atoms with Crippen LogP contribution in [-0.2, 0) is 22.7 Å². The third kappa shape index (κ3) is 7.26. The molecule has 1 amide bonds. The highest BCUT2D eigenvalue weighted by Gasteiger charge is 2.38. The molecule has 0 radical (unpaired) electrons. The van der Waals surface area contributed by atoms with Crippen LogP contribution in [0.3, 0.4) is 0 Å². The number of aliphatic hydroxyl groups excluding tert-OH is 1. The minimum absolute atomic E-state index is 0.000589. The van der Waals surface area contributed by atoms with Crippen molar-refractivity contribution in [1.29, 1.82) is 0 Å². The Morgan fingerprint density at radius 2 is 2.02 bits per heavy atom. The van der Waals surface area contributed by atoms with Gasteiger partial charge in [-0.1, -0.05) is 23.7 Å². The highest BCUT2D eigenvalue weighted by Crippen LogP contribution is 2.31. The molecular formula is C31H35ClF3N5O4. The van der Waals surface area contributed by atoms with E-state index in [2.05, 4.69) is 10.6 Å². The van der Waals surface area contributed by atoms with Crippen LogP contribution in [-0.4, -0.2) is 81.4 Å². The quantitative estimate of drug-likeness (QED) is 0.146. The van der Waals surface area contributed by atoms with Gasteiger partial charge in [-0.15, -0.1) is 0 Å². The molecule has 13 heteroatoms. The van der Waals surface area contributed by atoms with Crippen LogP contribution in [0.25, 0.3) is 10.9 Å². The van der Waals surface area contributed by atoms with Crippen LogP contribution in [0.2, 0.25) is 5.02 Å². The first-order chi connectivity index (χ1) is 21.0. The Bertz CT molecular complexity index is 1550. The minimum atomic E-state index is -2.88. The van der Waals surface area contributed by atoms with Crippen molar-refractivity contribution in [3.8, 4) is 0 Å². The van der Waals surface area contributed by atoms with Gasteiger partial charge in [0, 0.05) is 66.0 Å². The summed E-state index contributed by atoms with van der Waals surface area (Å²) in [4.78, 5) is 41.1. The van der Waals surface area contributed by atoms with Gasteiger partial charge in [-0.05, 0) is 50.5 Å². The molecule has 2 heterocycles. The SMILES string of the molecule is CC(=O)c1cn(CC(=O)N(C(C=O)CNCc2cccc(Cl)c2F)C2CC2)c2ccc(NC(O)N3CCCC(F)(F)C3)cc12. The number of amides is 1. The molecular weight excluding hydrogens is 599 g/mol. The first-order valence-corrected chi connectivity index (χ1v) is 15.0. The van der Waals surface area contributed by atoms with E-state index in [1.807, 2.05) is 0 Å². The molecule has 0 bridgehead atoms. The number of anilines is 1. The number of fused-ring (bicyclic) bond motifs is 1. The van der Waals surface area contributed by atoms with Crippen molar-refractivity contribution in [2.24, 2.45) is 0 Å². The van der Waals surface area contributed by atoms with Gasteiger partial charge in [0.1, 0.15) is 24.7 Å². The number of nitrogens with zero attached hydrogens (tertiary/aromatic N) is 3. The first kappa shape index (κ1) is 32.0. The number of hydrogen-bond acceptors (Lipinski definition) is 7. The number of carbonyl (C=O) groups is 3. The molecule has 1 aliphatic carbocycles. The lowest BCUT2D eigenvalue weighted by atomic mass is 10.1. The second-order valence-electron chi connectivity index (χ2n) is 11.5. The van der Waals surface area contributed by atoms with E-state index in [0.717, 1.165) is 12.8 Å². The first-order valence-electron chi connectivity index (χ1n) is 14.6. The van der Waals surface area contributed by atoms with Gasteiger partial charge in [0.2, 0.25) is 5.91 Å². The van der Waals surface area contributed by atoms with E-state index < -0.39 is 30.7 Å². The van der Waals surface area contributed by atoms with E-state index in [9.17, 15) is 32.7 Å². The van der Waals surface area contributed by atoms with Gasteiger partial charge in [-0.3, -0.25) is 14.5 Å². The normalized spacial score (nSPS) is 18.1. The van der Waals surface area contributed by atoms with E-state index in [0.29, 0.717) is 40.5 Å². The van der Waals surface area contributed by atoms with Crippen molar-refractivity contribution in [2.45, 2.75) is 70.1 Å². The maximum Gasteiger partial charge on any atom is 0.260 e. The van der Waals surface area contributed by atoms with E-state index in [4.69, 9.17) is 11.6 Å². The number of piperidine rings is 1. The average Bonchev–Trinajstić information content (AvgIpc) is 3.74. The fourth-order valence-electron chi connectivity index (χ4n) is 5.73. The number of nitrogens with one attached hydrogen (secondary N) is 2. The molecule has 1 aliphatic heterocycles. The molecule has 2 aliphatic rings.